The van der Waals surface area contributed by atoms with Gasteiger partial charge in [-0.25, -0.2) is 4.98 Å². The molecular formula is C24H40N4O4S. The van der Waals surface area contributed by atoms with Gasteiger partial charge in [0.05, 0.1) is 23.4 Å². The third kappa shape index (κ3) is 9.54. The Kier molecular flexibility index (Phi) is 12.0. The van der Waals surface area contributed by atoms with Crippen molar-refractivity contribution in [1.82, 2.24) is 19.9 Å². The zero-order valence-corrected chi connectivity index (χ0v) is 21.1. The largest absolute Gasteiger partial charge is 0.331 e. The van der Waals surface area contributed by atoms with Crippen LogP contribution in [0.4, 0.5) is 0 Å². The number of hydroxylamine groups is 2. The minimum absolute atomic E-state index is 0.0741. The van der Waals surface area contributed by atoms with Gasteiger partial charge >= 0.3 is 0 Å². The zero-order chi connectivity index (χ0) is 24.1. The molecule has 8 nitrogen and oxygen atoms in total. The van der Waals surface area contributed by atoms with Crippen molar-refractivity contribution in [2.24, 2.45) is 0 Å². The summed E-state index contributed by atoms with van der Waals surface area (Å²) < 4.78 is 31.7. The quantitative estimate of drug-likeness (QED) is 0.252. The van der Waals surface area contributed by atoms with Crippen LogP contribution in [0.3, 0.4) is 0 Å². The summed E-state index contributed by atoms with van der Waals surface area (Å²) in [7, 11) is -0.279. The van der Waals surface area contributed by atoms with Crippen LogP contribution < -0.4 is 5.32 Å². The molecule has 9 heteroatoms. The van der Waals surface area contributed by atoms with Crippen molar-refractivity contribution in [2.75, 3.05) is 20.7 Å². The summed E-state index contributed by atoms with van der Waals surface area (Å²) in [6, 6.07) is 7.42. The molecule has 0 atom stereocenters. The van der Waals surface area contributed by atoms with Crippen molar-refractivity contribution >= 4 is 10.1 Å². The molecule has 0 bridgehead atoms. The van der Waals surface area contributed by atoms with E-state index in [2.05, 4.69) is 16.8 Å². The van der Waals surface area contributed by atoms with E-state index >= 15 is 0 Å². The fourth-order valence-electron chi connectivity index (χ4n) is 3.98. The monoisotopic (exact) mass is 480 g/mol. The van der Waals surface area contributed by atoms with E-state index in [1.165, 1.54) is 74.3 Å². The molecule has 186 valence electrons. The van der Waals surface area contributed by atoms with E-state index in [9.17, 15) is 8.42 Å². The van der Waals surface area contributed by atoms with Gasteiger partial charge in [0.1, 0.15) is 5.82 Å². The maximum absolute atomic E-state index is 10.4. The minimum atomic E-state index is -4.00. The highest BCUT2D eigenvalue weighted by atomic mass is 32.2. The highest BCUT2D eigenvalue weighted by molar-refractivity contribution is 7.85. The highest BCUT2D eigenvalue weighted by Gasteiger charge is 2.19. The van der Waals surface area contributed by atoms with E-state index < -0.39 is 10.1 Å². The van der Waals surface area contributed by atoms with Gasteiger partial charge in [-0.2, -0.15) is 13.5 Å². The molecule has 0 aliphatic carbocycles. The van der Waals surface area contributed by atoms with Gasteiger partial charge in [0.25, 0.3) is 10.1 Å². The van der Waals surface area contributed by atoms with E-state index in [1.807, 2.05) is 12.1 Å². The van der Waals surface area contributed by atoms with Gasteiger partial charge in [-0.1, -0.05) is 50.3 Å². The number of fused-ring (bicyclic) bond motifs is 1. The fraction of sp³-hybridized carbons (Fsp3) is 0.625. The predicted octanol–water partition coefficient (Wildman–Crippen LogP) is 4.21. The van der Waals surface area contributed by atoms with Gasteiger partial charge in [-0.05, 0) is 31.9 Å². The van der Waals surface area contributed by atoms with Gasteiger partial charge in [-0.3, -0.25) is 4.55 Å². The second-order valence-electron chi connectivity index (χ2n) is 8.32. The Morgan fingerprint density at radius 2 is 1.70 bits per heavy atom. The van der Waals surface area contributed by atoms with Crippen LogP contribution >= 0.6 is 0 Å². The molecule has 0 saturated carbocycles. The molecular weight excluding hydrogens is 440 g/mol. The molecule has 0 saturated heterocycles. The number of aryl methyl sites for hydroxylation is 1. The standard InChI is InChI=1S/C18H34N4O.C6H6O3S/c1-4-22-17-15-19-14-16(17)20-18(22)12-10-8-6-5-7-9-11-13-21(2)23-3;7-10(8,9)6-4-2-1-3-5-6/h19H,4-15H2,1-3H3;1-5H,(H,7,8,9). The van der Waals surface area contributed by atoms with E-state index in [4.69, 9.17) is 14.4 Å². The Balaban J connectivity index is 0.000000321. The van der Waals surface area contributed by atoms with Crippen LogP contribution in [0.15, 0.2) is 35.2 Å². The SMILES string of the molecule is CCn1c(CCCCCCCCCN(C)OC)nc2c1CNC2.O=S(=O)(O)c1ccccc1. The molecule has 1 aliphatic rings. The van der Waals surface area contributed by atoms with Crippen LogP contribution in [-0.4, -0.2) is 48.3 Å². The lowest BCUT2D eigenvalue weighted by atomic mass is 10.1. The van der Waals surface area contributed by atoms with Crippen LogP contribution in [-0.2, 0) is 41.0 Å². The molecule has 1 aliphatic heterocycles. The molecule has 0 fully saturated rings. The Morgan fingerprint density at radius 3 is 2.27 bits per heavy atom. The number of rotatable bonds is 13. The highest BCUT2D eigenvalue weighted by Crippen LogP contribution is 2.19. The van der Waals surface area contributed by atoms with Crippen molar-refractivity contribution in [1.29, 1.82) is 0 Å². The summed E-state index contributed by atoms with van der Waals surface area (Å²) in [5.74, 6) is 1.31. The summed E-state index contributed by atoms with van der Waals surface area (Å²) in [5, 5.41) is 5.29. The Bertz CT molecular complexity index is 916. The number of benzene rings is 1. The molecule has 33 heavy (non-hydrogen) atoms. The van der Waals surface area contributed by atoms with E-state index in [0.717, 1.165) is 32.6 Å². The van der Waals surface area contributed by atoms with Crippen LogP contribution in [0, 0.1) is 0 Å². The third-order valence-corrected chi connectivity index (χ3v) is 6.73. The van der Waals surface area contributed by atoms with E-state index in [0.29, 0.717) is 0 Å². The molecule has 2 heterocycles. The molecule has 2 aromatic rings. The summed E-state index contributed by atoms with van der Waals surface area (Å²) in [4.78, 5) is 9.87. The average Bonchev–Trinajstić information content (AvgIpc) is 3.39. The summed E-state index contributed by atoms with van der Waals surface area (Å²) >= 11 is 0. The van der Waals surface area contributed by atoms with Gasteiger partial charge in [0.15, 0.2) is 0 Å². The van der Waals surface area contributed by atoms with Crippen LogP contribution in [0.25, 0.3) is 0 Å². The summed E-state index contributed by atoms with van der Waals surface area (Å²) in [6.07, 6.45) is 10.4. The summed E-state index contributed by atoms with van der Waals surface area (Å²) in [6.45, 7) is 6.26. The number of aromatic nitrogens is 2. The van der Waals surface area contributed by atoms with Crippen molar-refractivity contribution in [3.8, 4) is 0 Å². The maximum atomic E-state index is 10.4. The molecule has 0 amide bonds. The predicted molar refractivity (Wildman–Crippen MR) is 130 cm³/mol. The topological polar surface area (TPSA) is 96.7 Å². The molecule has 0 spiro atoms. The molecule has 1 aromatic heterocycles. The van der Waals surface area contributed by atoms with Crippen LogP contribution in [0.2, 0.25) is 0 Å². The van der Waals surface area contributed by atoms with Crippen molar-refractivity contribution in [3.63, 3.8) is 0 Å². The summed E-state index contributed by atoms with van der Waals surface area (Å²) in [5.41, 5.74) is 2.70. The first-order chi connectivity index (χ1) is 15.9. The Hall–Kier alpha value is -1.78. The molecule has 0 radical (unpaired) electrons. The second-order valence-corrected chi connectivity index (χ2v) is 9.74. The van der Waals surface area contributed by atoms with E-state index in [1.54, 1.807) is 25.3 Å². The Labute approximate surface area is 199 Å². The number of imidazole rings is 1. The normalized spacial score (nSPS) is 13.1. The lowest BCUT2D eigenvalue weighted by molar-refractivity contribution is -0.109. The van der Waals surface area contributed by atoms with Gasteiger partial charge in [0, 0.05) is 39.6 Å². The van der Waals surface area contributed by atoms with E-state index in [-0.39, 0.29) is 4.90 Å². The molecule has 1 aromatic carbocycles. The Morgan fingerprint density at radius 1 is 1.06 bits per heavy atom. The fourth-order valence-corrected chi connectivity index (χ4v) is 4.48. The molecule has 2 N–H and O–H groups in total. The maximum Gasteiger partial charge on any atom is 0.294 e. The zero-order valence-electron chi connectivity index (χ0n) is 20.3. The minimum Gasteiger partial charge on any atom is -0.331 e. The number of nitrogens with zero attached hydrogens (tertiary/aromatic N) is 3. The van der Waals surface area contributed by atoms with Gasteiger partial charge < -0.3 is 14.7 Å². The first kappa shape index (κ1) is 27.5. The van der Waals surface area contributed by atoms with Crippen LogP contribution in [0.5, 0.6) is 0 Å². The number of hydrogen-bond donors (Lipinski definition) is 2. The lowest BCUT2D eigenvalue weighted by Gasteiger charge is -2.12. The smallest absolute Gasteiger partial charge is 0.294 e. The first-order valence-electron chi connectivity index (χ1n) is 11.9. The molecule has 3 rings (SSSR count). The van der Waals surface area contributed by atoms with Crippen molar-refractivity contribution in [2.45, 2.75) is 82.8 Å². The number of unbranched alkanes of at least 4 members (excludes halogenated alkanes) is 6. The van der Waals surface area contributed by atoms with Crippen molar-refractivity contribution < 1.29 is 17.8 Å². The molecule has 0 unspecified atom stereocenters. The number of nitrogens with one attached hydrogen (secondary N) is 1. The average molecular weight is 481 g/mol. The lowest BCUT2D eigenvalue weighted by Crippen LogP contribution is -2.17. The van der Waals surface area contributed by atoms with Crippen molar-refractivity contribution in [3.05, 3.63) is 47.5 Å². The third-order valence-electron chi connectivity index (χ3n) is 5.86. The van der Waals surface area contributed by atoms with Gasteiger partial charge in [-0.15, -0.1) is 0 Å². The van der Waals surface area contributed by atoms with Gasteiger partial charge in [0.2, 0.25) is 0 Å². The first-order valence-corrected chi connectivity index (χ1v) is 13.4. The number of hydrogen-bond acceptors (Lipinski definition) is 6. The second kappa shape index (κ2) is 14.5. The van der Waals surface area contributed by atoms with Crippen LogP contribution in [0.1, 0.15) is 69.1 Å².